The number of ketones is 1. The monoisotopic (exact) mass is 362 g/mol. The fraction of sp³-hybridized carbons (Fsp3) is 0.125. The molecule has 0 bridgehead atoms. The lowest BCUT2D eigenvalue weighted by Gasteiger charge is -2.07. The summed E-state index contributed by atoms with van der Waals surface area (Å²) in [5.41, 5.74) is 1.63. The van der Waals surface area contributed by atoms with Crippen molar-refractivity contribution in [2.24, 2.45) is 0 Å². The van der Waals surface area contributed by atoms with E-state index < -0.39 is 0 Å². The Balaban J connectivity index is 1.86. The Bertz CT molecular complexity index is 879. The van der Waals surface area contributed by atoms with Gasteiger partial charge in [-0.05, 0) is 41.6 Å². The fourth-order valence-corrected chi connectivity index (χ4v) is 3.33. The van der Waals surface area contributed by atoms with Crippen LogP contribution in [0.3, 0.4) is 0 Å². The molecule has 0 N–H and O–H groups in total. The molecule has 2 aromatic carbocycles. The van der Waals surface area contributed by atoms with Crippen LogP contribution in [0.5, 0.6) is 0 Å². The van der Waals surface area contributed by atoms with Crippen molar-refractivity contribution in [1.82, 2.24) is 20.2 Å². The predicted octanol–water partition coefficient (Wildman–Crippen LogP) is 3.95. The van der Waals surface area contributed by atoms with Gasteiger partial charge in [0.2, 0.25) is 5.16 Å². The van der Waals surface area contributed by atoms with E-state index in [9.17, 15) is 9.18 Å². The molecule has 3 aromatic rings. The Morgan fingerprint density at radius 2 is 2.08 bits per heavy atom. The van der Waals surface area contributed by atoms with Gasteiger partial charge < -0.3 is 0 Å². The van der Waals surface area contributed by atoms with Gasteiger partial charge in [0, 0.05) is 21.9 Å². The van der Waals surface area contributed by atoms with Crippen LogP contribution in [0.25, 0.3) is 5.69 Å². The number of halogens is 2. The van der Waals surface area contributed by atoms with E-state index in [0.717, 1.165) is 0 Å². The van der Waals surface area contributed by atoms with Crippen LogP contribution in [0, 0.1) is 5.82 Å². The van der Waals surface area contributed by atoms with Gasteiger partial charge in [0.1, 0.15) is 5.82 Å². The summed E-state index contributed by atoms with van der Waals surface area (Å²) in [5.74, 6) is -0.122. The number of carbonyl (C=O) groups is 1. The van der Waals surface area contributed by atoms with Crippen LogP contribution in [0.15, 0.2) is 47.6 Å². The number of benzene rings is 2. The van der Waals surface area contributed by atoms with E-state index in [1.54, 1.807) is 36.4 Å². The molecule has 0 aliphatic heterocycles. The smallest absolute Gasteiger partial charge is 0.214 e. The first-order valence-corrected chi connectivity index (χ1v) is 8.38. The number of hydrogen-bond donors (Lipinski definition) is 0. The average Bonchev–Trinajstić information content (AvgIpc) is 3.03. The van der Waals surface area contributed by atoms with E-state index >= 15 is 0 Å². The quantitative estimate of drug-likeness (QED) is 0.508. The zero-order valence-electron chi connectivity index (χ0n) is 12.6. The van der Waals surface area contributed by atoms with Crippen LogP contribution in [0.2, 0.25) is 5.02 Å². The molecule has 0 radical (unpaired) electrons. The summed E-state index contributed by atoms with van der Waals surface area (Å²) < 4.78 is 15.4. The van der Waals surface area contributed by atoms with E-state index in [4.69, 9.17) is 11.6 Å². The first-order valence-electron chi connectivity index (χ1n) is 7.01. The molecular formula is C16H12ClFN4OS. The summed E-state index contributed by atoms with van der Waals surface area (Å²) in [6, 6.07) is 11.5. The number of rotatable bonds is 5. The second-order valence-electron chi connectivity index (χ2n) is 4.97. The first kappa shape index (κ1) is 16.6. The van der Waals surface area contributed by atoms with Crippen molar-refractivity contribution in [2.75, 3.05) is 0 Å². The van der Waals surface area contributed by atoms with Crippen LogP contribution in [0.1, 0.15) is 22.8 Å². The van der Waals surface area contributed by atoms with Crippen molar-refractivity contribution >= 4 is 29.1 Å². The minimum Gasteiger partial charge on any atom is -0.295 e. The van der Waals surface area contributed by atoms with E-state index in [1.165, 1.54) is 29.4 Å². The number of aromatic nitrogens is 4. The Hall–Kier alpha value is -2.25. The number of hydrogen-bond acceptors (Lipinski definition) is 5. The molecule has 5 nitrogen and oxygen atoms in total. The SMILES string of the molecule is CC(=O)c1cccc(-n2nnnc2SCc2c(F)cccc2Cl)c1. The Morgan fingerprint density at radius 1 is 1.29 bits per heavy atom. The highest BCUT2D eigenvalue weighted by molar-refractivity contribution is 7.98. The molecular weight excluding hydrogens is 351 g/mol. The van der Waals surface area contributed by atoms with Gasteiger partial charge in [-0.2, -0.15) is 4.68 Å². The molecule has 0 spiro atoms. The summed E-state index contributed by atoms with van der Waals surface area (Å²) in [4.78, 5) is 11.5. The second kappa shape index (κ2) is 7.11. The fourth-order valence-electron chi connectivity index (χ4n) is 2.09. The molecule has 0 saturated carbocycles. The average molecular weight is 363 g/mol. The zero-order valence-corrected chi connectivity index (χ0v) is 14.2. The normalized spacial score (nSPS) is 10.8. The van der Waals surface area contributed by atoms with Crippen LogP contribution in [-0.2, 0) is 5.75 Å². The van der Waals surface area contributed by atoms with Crippen molar-refractivity contribution in [3.63, 3.8) is 0 Å². The molecule has 1 heterocycles. The molecule has 0 unspecified atom stereocenters. The third kappa shape index (κ3) is 3.47. The Kier molecular flexibility index (Phi) is 4.92. The summed E-state index contributed by atoms with van der Waals surface area (Å²) in [7, 11) is 0. The molecule has 0 amide bonds. The standard InChI is InChI=1S/C16H12ClFN4OS/c1-10(23)11-4-2-5-12(8-11)22-16(19-20-21-22)24-9-13-14(17)6-3-7-15(13)18/h2-8H,9H2,1H3. The third-order valence-corrected chi connectivity index (χ3v) is 4.65. The van der Waals surface area contributed by atoms with Crippen molar-refractivity contribution in [3.05, 3.63) is 64.4 Å². The minimum absolute atomic E-state index is 0.0442. The maximum Gasteiger partial charge on any atom is 0.214 e. The summed E-state index contributed by atoms with van der Waals surface area (Å²) in [5, 5.41) is 12.4. The van der Waals surface area contributed by atoms with Gasteiger partial charge in [-0.3, -0.25) is 4.79 Å². The van der Waals surface area contributed by atoms with Crippen LogP contribution in [0.4, 0.5) is 4.39 Å². The van der Waals surface area contributed by atoms with Crippen molar-refractivity contribution < 1.29 is 9.18 Å². The van der Waals surface area contributed by atoms with E-state index in [1.807, 2.05) is 0 Å². The molecule has 1 aromatic heterocycles. The van der Waals surface area contributed by atoms with Crippen molar-refractivity contribution in [1.29, 1.82) is 0 Å². The number of tetrazole rings is 1. The molecule has 0 aliphatic carbocycles. The number of Topliss-reactive ketones (excluding diaryl/α,β-unsaturated/α-hetero) is 1. The minimum atomic E-state index is -0.368. The van der Waals surface area contributed by atoms with Crippen LogP contribution < -0.4 is 0 Å². The van der Waals surface area contributed by atoms with E-state index in [-0.39, 0.29) is 17.4 Å². The maximum atomic E-state index is 13.9. The zero-order chi connectivity index (χ0) is 17.1. The van der Waals surface area contributed by atoms with Gasteiger partial charge in [-0.25, -0.2) is 4.39 Å². The lowest BCUT2D eigenvalue weighted by atomic mass is 10.1. The van der Waals surface area contributed by atoms with Gasteiger partial charge in [0.05, 0.1) is 5.69 Å². The molecule has 0 atom stereocenters. The third-order valence-electron chi connectivity index (χ3n) is 3.35. The van der Waals surface area contributed by atoms with Gasteiger partial charge >= 0.3 is 0 Å². The Morgan fingerprint density at radius 3 is 2.83 bits per heavy atom. The summed E-state index contributed by atoms with van der Waals surface area (Å²) in [6.07, 6.45) is 0. The summed E-state index contributed by atoms with van der Waals surface area (Å²) in [6.45, 7) is 1.49. The first-order chi connectivity index (χ1) is 11.6. The molecule has 8 heteroatoms. The molecule has 0 saturated heterocycles. The van der Waals surface area contributed by atoms with Crippen LogP contribution in [-0.4, -0.2) is 26.0 Å². The van der Waals surface area contributed by atoms with E-state index in [0.29, 0.717) is 27.0 Å². The second-order valence-corrected chi connectivity index (χ2v) is 6.32. The highest BCUT2D eigenvalue weighted by Gasteiger charge is 2.13. The molecule has 0 aliphatic rings. The van der Waals surface area contributed by atoms with Gasteiger partial charge in [0.15, 0.2) is 5.78 Å². The van der Waals surface area contributed by atoms with Crippen molar-refractivity contribution in [3.8, 4) is 5.69 Å². The highest BCUT2D eigenvalue weighted by Crippen LogP contribution is 2.28. The largest absolute Gasteiger partial charge is 0.295 e. The topological polar surface area (TPSA) is 60.7 Å². The highest BCUT2D eigenvalue weighted by atomic mass is 35.5. The van der Waals surface area contributed by atoms with Gasteiger partial charge in [-0.15, -0.1) is 5.10 Å². The van der Waals surface area contributed by atoms with Gasteiger partial charge in [0.25, 0.3) is 0 Å². The van der Waals surface area contributed by atoms with Gasteiger partial charge in [-0.1, -0.05) is 41.6 Å². The lowest BCUT2D eigenvalue weighted by molar-refractivity contribution is 0.101. The number of carbonyl (C=O) groups excluding carboxylic acids is 1. The van der Waals surface area contributed by atoms with Crippen molar-refractivity contribution in [2.45, 2.75) is 17.8 Å². The molecule has 122 valence electrons. The number of thioether (sulfide) groups is 1. The maximum absolute atomic E-state index is 13.9. The molecule has 3 rings (SSSR count). The Labute approximate surface area is 146 Å². The summed E-state index contributed by atoms with van der Waals surface area (Å²) >= 11 is 7.29. The van der Waals surface area contributed by atoms with Crippen LogP contribution >= 0.6 is 23.4 Å². The lowest BCUT2D eigenvalue weighted by Crippen LogP contribution is -2.02. The van der Waals surface area contributed by atoms with E-state index in [2.05, 4.69) is 15.5 Å². The predicted molar refractivity (Wildman–Crippen MR) is 90.1 cm³/mol. The molecule has 0 fully saturated rings. The molecule has 24 heavy (non-hydrogen) atoms. The number of nitrogens with zero attached hydrogens (tertiary/aromatic N) is 4.